The third-order valence-corrected chi connectivity index (χ3v) is 4.79. The van der Waals surface area contributed by atoms with E-state index in [0.717, 1.165) is 6.26 Å². The van der Waals surface area contributed by atoms with Crippen LogP contribution in [0.5, 0.6) is 0 Å². The number of carboxylic acid groups (broad SMARTS) is 1. The summed E-state index contributed by atoms with van der Waals surface area (Å²) in [6, 6.07) is 0. The summed E-state index contributed by atoms with van der Waals surface area (Å²) < 4.78 is 24.2. The minimum absolute atomic E-state index is 0.198. The molecule has 0 saturated carbocycles. The molecular weight excluding hydrogens is 284 g/mol. The molecule has 1 amide bonds. The number of sulfonamides is 1. The molecule has 1 rings (SSSR count). The van der Waals surface area contributed by atoms with Gasteiger partial charge in [0.15, 0.2) is 0 Å². The standard InChI is InChI=1S/C12H22N2O5S/c1-9(12(16)17)5-6-13-11(15)10-4-3-7-14(8-10)20(2,18)19/h9-10H,3-8H2,1-2H3,(H,13,15)(H,16,17). The fraction of sp³-hybridized carbons (Fsp3) is 0.833. The zero-order chi connectivity index (χ0) is 15.3. The molecule has 7 nitrogen and oxygen atoms in total. The van der Waals surface area contributed by atoms with Crippen molar-refractivity contribution in [2.45, 2.75) is 26.2 Å². The van der Waals surface area contributed by atoms with Gasteiger partial charge >= 0.3 is 5.97 Å². The number of nitrogens with one attached hydrogen (secondary N) is 1. The van der Waals surface area contributed by atoms with Crippen LogP contribution in [0, 0.1) is 11.8 Å². The molecule has 2 N–H and O–H groups in total. The summed E-state index contributed by atoms with van der Waals surface area (Å²) in [7, 11) is -3.26. The molecule has 0 aromatic carbocycles. The van der Waals surface area contributed by atoms with Gasteiger partial charge in [0.25, 0.3) is 0 Å². The lowest BCUT2D eigenvalue weighted by Gasteiger charge is -2.30. The van der Waals surface area contributed by atoms with E-state index in [0.29, 0.717) is 32.4 Å². The molecule has 0 aromatic rings. The summed E-state index contributed by atoms with van der Waals surface area (Å²) >= 11 is 0. The summed E-state index contributed by atoms with van der Waals surface area (Å²) in [5.74, 6) is -1.94. The first-order chi connectivity index (χ1) is 9.21. The van der Waals surface area contributed by atoms with E-state index in [2.05, 4.69) is 5.32 Å². The Labute approximate surface area is 119 Å². The van der Waals surface area contributed by atoms with Gasteiger partial charge in [-0.2, -0.15) is 0 Å². The number of piperidine rings is 1. The van der Waals surface area contributed by atoms with Crippen molar-refractivity contribution in [3.05, 3.63) is 0 Å². The summed E-state index contributed by atoms with van der Waals surface area (Å²) in [5.41, 5.74) is 0. The topological polar surface area (TPSA) is 104 Å². The van der Waals surface area contributed by atoms with Gasteiger partial charge in [-0.25, -0.2) is 12.7 Å². The molecule has 1 saturated heterocycles. The highest BCUT2D eigenvalue weighted by Crippen LogP contribution is 2.18. The zero-order valence-electron chi connectivity index (χ0n) is 11.8. The SMILES string of the molecule is CC(CCNC(=O)C1CCCN(S(C)(=O)=O)C1)C(=O)O. The van der Waals surface area contributed by atoms with Crippen LogP contribution in [0.1, 0.15) is 26.2 Å². The Morgan fingerprint density at radius 2 is 2.10 bits per heavy atom. The molecule has 116 valence electrons. The van der Waals surface area contributed by atoms with Crippen LogP contribution in [0.3, 0.4) is 0 Å². The monoisotopic (exact) mass is 306 g/mol. The average Bonchev–Trinajstić information content (AvgIpc) is 2.37. The van der Waals surface area contributed by atoms with Crippen molar-refractivity contribution < 1.29 is 23.1 Å². The second kappa shape index (κ2) is 7.03. The normalized spacial score (nSPS) is 22.2. The summed E-state index contributed by atoms with van der Waals surface area (Å²) in [6.45, 7) is 2.54. The third kappa shape index (κ3) is 5.09. The Balaban J connectivity index is 2.42. The van der Waals surface area contributed by atoms with Crippen molar-refractivity contribution in [2.75, 3.05) is 25.9 Å². The fourth-order valence-corrected chi connectivity index (χ4v) is 3.05. The summed E-state index contributed by atoms with van der Waals surface area (Å²) in [6.07, 6.45) is 2.83. The van der Waals surface area contributed by atoms with E-state index in [1.165, 1.54) is 4.31 Å². The third-order valence-electron chi connectivity index (χ3n) is 3.52. The van der Waals surface area contributed by atoms with Gasteiger partial charge in [-0.05, 0) is 19.3 Å². The first-order valence-corrected chi connectivity index (χ1v) is 8.52. The van der Waals surface area contributed by atoms with Crippen LogP contribution in [-0.2, 0) is 19.6 Å². The van der Waals surface area contributed by atoms with E-state index in [-0.39, 0.29) is 18.4 Å². The molecule has 20 heavy (non-hydrogen) atoms. The highest BCUT2D eigenvalue weighted by molar-refractivity contribution is 7.88. The van der Waals surface area contributed by atoms with Gasteiger partial charge in [0, 0.05) is 19.6 Å². The van der Waals surface area contributed by atoms with Gasteiger partial charge in [0.1, 0.15) is 0 Å². The molecule has 1 aliphatic rings. The Morgan fingerprint density at radius 3 is 2.65 bits per heavy atom. The molecule has 0 radical (unpaired) electrons. The molecule has 0 aliphatic carbocycles. The number of hydrogen-bond donors (Lipinski definition) is 2. The van der Waals surface area contributed by atoms with Crippen LogP contribution in [0.2, 0.25) is 0 Å². The molecule has 8 heteroatoms. The van der Waals surface area contributed by atoms with Gasteiger partial charge in [-0.1, -0.05) is 6.92 Å². The predicted molar refractivity (Wildman–Crippen MR) is 73.6 cm³/mol. The predicted octanol–water partition coefficient (Wildman–Crippen LogP) is -0.115. The number of carboxylic acids is 1. The van der Waals surface area contributed by atoms with Gasteiger partial charge in [0.05, 0.1) is 18.1 Å². The van der Waals surface area contributed by atoms with Gasteiger partial charge in [0.2, 0.25) is 15.9 Å². The Hall–Kier alpha value is -1.15. The number of rotatable bonds is 6. The average molecular weight is 306 g/mol. The molecule has 0 spiro atoms. The number of hydrogen-bond acceptors (Lipinski definition) is 4. The number of carbonyl (C=O) groups is 2. The molecule has 1 fully saturated rings. The van der Waals surface area contributed by atoms with Crippen molar-refractivity contribution in [1.82, 2.24) is 9.62 Å². The Kier molecular flexibility index (Phi) is 5.94. The van der Waals surface area contributed by atoms with Gasteiger partial charge < -0.3 is 10.4 Å². The Bertz CT molecular complexity index is 462. The smallest absolute Gasteiger partial charge is 0.306 e. The van der Waals surface area contributed by atoms with Crippen LogP contribution in [-0.4, -0.2) is 55.6 Å². The molecule has 2 atom stereocenters. The van der Waals surface area contributed by atoms with E-state index < -0.39 is 21.9 Å². The molecule has 1 heterocycles. The maximum absolute atomic E-state index is 11.9. The van der Waals surface area contributed by atoms with Crippen LogP contribution in [0.15, 0.2) is 0 Å². The van der Waals surface area contributed by atoms with E-state index in [9.17, 15) is 18.0 Å². The van der Waals surface area contributed by atoms with Crippen molar-refractivity contribution in [3.63, 3.8) is 0 Å². The molecular formula is C12H22N2O5S. The highest BCUT2D eigenvalue weighted by Gasteiger charge is 2.29. The minimum Gasteiger partial charge on any atom is -0.481 e. The minimum atomic E-state index is -3.26. The largest absolute Gasteiger partial charge is 0.481 e. The van der Waals surface area contributed by atoms with E-state index in [4.69, 9.17) is 5.11 Å². The first-order valence-electron chi connectivity index (χ1n) is 6.67. The molecule has 0 bridgehead atoms. The van der Waals surface area contributed by atoms with E-state index >= 15 is 0 Å². The maximum atomic E-state index is 11.9. The number of aliphatic carboxylic acids is 1. The number of amides is 1. The molecule has 2 unspecified atom stereocenters. The van der Waals surface area contributed by atoms with Crippen molar-refractivity contribution >= 4 is 21.9 Å². The second-order valence-electron chi connectivity index (χ2n) is 5.28. The van der Waals surface area contributed by atoms with Crippen LogP contribution < -0.4 is 5.32 Å². The van der Waals surface area contributed by atoms with E-state index in [1.54, 1.807) is 6.92 Å². The van der Waals surface area contributed by atoms with Crippen molar-refractivity contribution in [1.29, 1.82) is 0 Å². The van der Waals surface area contributed by atoms with Crippen LogP contribution >= 0.6 is 0 Å². The fourth-order valence-electron chi connectivity index (χ4n) is 2.14. The van der Waals surface area contributed by atoms with Gasteiger partial charge in [-0.3, -0.25) is 9.59 Å². The van der Waals surface area contributed by atoms with E-state index in [1.807, 2.05) is 0 Å². The number of nitrogens with zero attached hydrogens (tertiary/aromatic N) is 1. The maximum Gasteiger partial charge on any atom is 0.306 e. The zero-order valence-corrected chi connectivity index (χ0v) is 12.6. The number of carbonyl (C=O) groups excluding carboxylic acids is 1. The molecule has 0 aromatic heterocycles. The summed E-state index contributed by atoms with van der Waals surface area (Å²) in [4.78, 5) is 22.6. The van der Waals surface area contributed by atoms with Crippen molar-refractivity contribution in [3.8, 4) is 0 Å². The van der Waals surface area contributed by atoms with Crippen LogP contribution in [0.4, 0.5) is 0 Å². The quantitative estimate of drug-likeness (QED) is 0.712. The van der Waals surface area contributed by atoms with Crippen molar-refractivity contribution in [2.24, 2.45) is 11.8 Å². The lowest BCUT2D eigenvalue weighted by molar-refractivity contribution is -0.141. The summed E-state index contributed by atoms with van der Waals surface area (Å²) in [5, 5.41) is 11.4. The highest BCUT2D eigenvalue weighted by atomic mass is 32.2. The second-order valence-corrected chi connectivity index (χ2v) is 7.26. The Morgan fingerprint density at radius 1 is 1.45 bits per heavy atom. The van der Waals surface area contributed by atoms with Crippen LogP contribution in [0.25, 0.3) is 0 Å². The first kappa shape index (κ1) is 16.9. The molecule has 1 aliphatic heterocycles. The van der Waals surface area contributed by atoms with Gasteiger partial charge in [-0.15, -0.1) is 0 Å². The lowest BCUT2D eigenvalue weighted by Crippen LogP contribution is -2.45. The lowest BCUT2D eigenvalue weighted by atomic mass is 9.98.